The molecule has 1 atom stereocenters. The van der Waals surface area contributed by atoms with Crippen molar-refractivity contribution in [2.75, 3.05) is 13.2 Å². The number of hydrogen-bond acceptors (Lipinski definition) is 5. The van der Waals surface area contributed by atoms with Gasteiger partial charge < -0.3 is 9.63 Å². The molecule has 2 heterocycles. The van der Waals surface area contributed by atoms with E-state index in [1.165, 1.54) is 32.1 Å². The van der Waals surface area contributed by atoms with Crippen LogP contribution in [0.25, 0.3) is 0 Å². The summed E-state index contributed by atoms with van der Waals surface area (Å²) < 4.78 is 5.33. The normalized spacial score (nSPS) is 25.5. The Morgan fingerprint density at radius 3 is 2.94 bits per heavy atom. The van der Waals surface area contributed by atoms with Crippen LogP contribution in [0.2, 0.25) is 0 Å². The fraction of sp³-hybridized carbons (Fsp3) is 0.846. The minimum atomic E-state index is 0.262. The van der Waals surface area contributed by atoms with Crippen molar-refractivity contribution in [2.24, 2.45) is 0 Å². The second kappa shape index (κ2) is 5.36. The lowest BCUT2D eigenvalue weighted by Gasteiger charge is -2.34. The summed E-state index contributed by atoms with van der Waals surface area (Å²) in [5.74, 6) is 2.18. The van der Waals surface area contributed by atoms with Crippen molar-refractivity contribution in [3.8, 4) is 0 Å². The van der Waals surface area contributed by atoms with E-state index in [1.807, 2.05) is 0 Å². The molecule has 1 saturated heterocycles. The summed E-state index contributed by atoms with van der Waals surface area (Å²) >= 11 is 0. The largest absolute Gasteiger partial charge is 0.396 e. The molecule has 1 aliphatic carbocycles. The first-order valence-electron chi connectivity index (χ1n) is 7.04. The smallest absolute Gasteiger partial charge is 0.240 e. The van der Waals surface area contributed by atoms with Crippen LogP contribution >= 0.6 is 0 Å². The van der Waals surface area contributed by atoms with Gasteiger partial charge in [-0.3, -0.25) is 4.90 Å². The Hall–Kier alpha value is -0.940. The molecule has 0 bridgehead atoms. The summed E-state index contributed by atoms with van der Waals surface area (Å²) in [7, 11) is 0. The number of aliphatic hydroxyl groups is 1. The summed E-state index contributed by atoms with van der Waals surface area (Å²) in [5.41, 5.74) is 0. The van der Waals surface area contributed by atoms with Crippen LogP contribution in [0.3, 0.4) is 0 Å². The Morgan fingerprint density at radius 1 is 1.28 bits per heavy atom. The molecule has 5 nitrogen and oxygen atoms in total. The lowest BCUT2D eigenvalue weighted by atomic mass is 10.00. The Bertz CT molecular complexity index is 387. The maximum Gasteiger partial charge on any atom is 0.240 e. The lowest BCUT2D eigenvalue weighted by Crippen LogP contribution is -2.39. The van der Waals surface area contributed by atoms with E-state index < -0.39 is 0 Å². The van der Waals surface area contributed by atoms with E-state index in [-0.39, 0.29) is 6.61 Å². The molecule has 100 valence electrons. The highest BCUT2D eigenvalue weighted by atomic mass is 16.5. The van der Waals surface area contributed by atoms with Gasteiger partial charge in [0.2, 0.25) is 5.89 Å². The van der Waals surface area contributed by atoms with Gasteiger partial charge in [-0.2, -0.15) is 4.98 Å². The van der Waals surface area contributed by atoms with Gasteiger partial charge in [-0.15, -0.1) is 0 Å². The Balaban J connectivity index is 1.61. The van der Waals surface area contributed by atoms with Crippen molar-refractivity contribution in [1.29, 1.82) is 0 Å². The predicted molar refractivity (Wildman–Crippen MR) is 66.0 cm³/mol. The average Bonchev–Trinajstić information content (AvgIpc) is 3.13. The zero-order chi connectivity index (χ0) is 12.4. The molecular weight excluding hydrogens is 230 g/mol. The highest BCUT2D eigenvalue weighted by molar-refractivity contribution is 5.03. The van der Waals surface area contributed by atoms with Gasteiger partial charge in [0.25, 0.3) is 0 Å². The molecule has 2 fully saturated rings. The molecule has 1 aromatic heterocycles. The van der Waals surface area contributed by atoms with Crippen LogP contribution in [-0.2, 0) is 6.54 Å². The van der Waals surface area contributed by atoms with Gasteiger partial charge >= 0.3 is 0 Å². The summed E-state index contributed by atoms with van der Waals surface area (Å²) in [4.78, 5) is 6.86. The van der Waals surface area contributed by atoms with Crippen LogP contribution in [0.4, 0.5) is 0 Å². The van der Waals surface area contributed by atoms with Gasteiger partial charge in [-0.1, -0.05) is 11.6 Å². The number of piperidine rings is 1. The highest BCUT2D eigenvalue weighted by Crippen LogP contribution is 2.38. The van der Waals surface area contributed by atoms with Crippen molar-refractivity contribution in [2.45, 2.75) is 57.0 Å². The van der Waals surface area contributed by atoms with Gasteiger partial charge in [0.1, 0.15) is 0 Å². The average molecular weight is 251 g/mol. The first kappa shape index (κ1) is 12.1. The quantitative estimate of drug-likeness (QED) is 0.862. The molecule has 1 unspecified atom stereocenters. The zero-order valence-corrected chi connectivity index (χ0v) is 10.7. The third kappa shape index (κ3) is 2.72. The number of aliphatic hydroxyl groups excluding tert-OH is 1. The highest BCUT2D eigenvalue weighted by Gasteiger charge is 2.30. The maximum absolute atomic E-state index is 9.11. The minimum Gasteiger partial charge on any atom is -0.396 e. The SMILES string of the molecule is OCCC1CCCCN1Cc1nc(C2CC2)no1. The van der Waals surface area contributed by atoms with E-state index in [1.54, 1.807) is 0 Å². The van der Waals surface area contributed by atoms with Gasteiger partial charge in [-0.25, -0.2) is 0 Å². The molecule has 1 N–H and O–H groups in total. The molecule has 3 rings (SSSR count). The first-order valence-corrected chi connectivity index (χ1v) is 7.04. The van der Waals surface area contributed by atoms with Gasteiger partial charge in [-0.05, 0) is 38.6 Å². The number of hydrogen-bond donors (Lipinski definition) is 1. The Kier molecular flexibility index (Phi) is 3.61. The number of nitrogens with zero attached hydrogens (tertiary/aromatic N) is 3. The van der Waals surface area contributed by atoms with E-state index in [0.717, 1.165) is 31.2 Å². The van der Waals surface area contributed by atoms with Crippen molar-refractivity contribution in [3.63, 3.8) is 0 Å². The van der Waals surface area contributed by atoms with Crippen LogP contribution in [0.1, 0.15) is 56.2 Å². The summed E-state index contributed by atoms with van der Waals surface area (Å²) in [6.07, 6.45) is 6.92. The van der Waals surface area contributed by atoms with Crippen molar-refractivity contribution in [1.82, 2.24) is 15.0 Å². The zero-order valence-electron chi connectivity index (χ0n) is 10.7. The van der Waals surface area contributed by atoms with E-state index in [9.17, 15) is 0 Å². The van der Waals surface area contributed by atoms with Crippen molar-refractivity contribution < 1.29 is 9.63 Å². The second-order valence-electron chi connectivity index (χ2n) is 5.45. The molecule has 1 saturated carbocycles. The molecule has 0 radical (unpaired) electrons. The summed E-state index contributed by atoms with van der Waals surface area (Å²) in [6.45, 7) is 2.08. The third-order valence-corrected chi connectivity index (χ3v) is 3.98. The number of rotatable bonds is 5. The maximum atomic E-state index is 9.11. The fourth-order valence-electron chi connectivity index (χ4n) is 2.76. The van der Waals surface area contributed by atoms with Crippen LogP contribution in [-0.4, -0.2) is 39.3 Å². The fourth-order valence-corrected chi connectivity index (χ4v) is 2.76. The standard InChI is InChI=1S/C13H21N3O2/c17-8-6-11-3-1-2-7-16(11)9-12-14-13(15-18-12)10-4-5-10/h10-11,17H,1-9H2. The number of likely N-dealkylation sites (tertiary alicyclic amines) is 1. The predicted octanol–water partition coefficient (Wildman–Crippen LogP) is 1.68. The van der Waals surface area contributed by atoms with E-state index in [2.05, 4.69) is 15.0 Å². The molecule has 5 heteroatoms. The molecular formula is C13H21N3O2. The first-order chi connectivity index (χ1) is 8.86. The van der Waals surface area contributed by atoms with Gasteiger partial charge in [0.15, 0.2) is 5.82 Å². The van der Waals surface area contributed by atoms with Crippen LogP contribution < -0.4 is 0 Å². The Morgan fingerprint density at radius 2 is 2.17 bits per heavy atom. The van der Waals surface area contributed by atoms with Gasteiger partial charge in [0, 0.05) is 18.6 Å². The molecule has 1 aliphatic heterocycles. The molecule has 0 amide bonds. The summed E-state index contributed by atoms with van der Waals surface area (Å²) in [5, 5.41) is 13.2. The molecule has 0 aromatic carbocycles. The third-order valence-electron chi connectivity index (χ3n) is 3.98. The monoisotopic (exact) mass is 251 g/mol. The van der Waals surface area contributed by atoms with E-state index in [0.29, 0.717) is 12.0 Å². The molecule has 1 aromatic rings. The van der Waals surface area contributed by atoms with E-state index in [4.69, 9.17) is 9.63 Å². The summed E-state index contributed by atoms with van der Waals surface area (Å²) in [6, 6.07) is 0.472. The van der Waals surface area contributed by atoms with Gasteiger partial charge in [0.05, 0.1) is 6.54 Å². The Labute approximate surface area is 107 Å². The molecule has 2 aliphatic rings. The molecule has 18 heavy (non-hydrogen) atoms. The lowest BCUT2D eigenvalue weighted by molar-refractivity contribution is 0.100. The van der Waals surface area contributed by atoms with Crippen LogP contribution in [0.15, 0.2) is 4.52 Å². The van der Waals surface area contributed by atoms with Crippen LogP contribution in [0, 0.1) is 0 Å². The van der Waals surface area contributed by atoms with E-state index >= 15 is 0 Å². The number of aromatic nitrogens is 2. The second-order valence-corrected chi connectivity index (χ2v) is 5.45. The van der Waals surface area contributed by atoms with Crippen LogP contribution in [0.5, 0.6) is 0 Å². The molecule has 0 spiro atoms. The van der Waals surface area contributed by atoms with Crippen molar-refractivity contribution in [3.05, 3.63) is 11.7 Å². The minimum absolute atomic E-state index is 0.262. The topological polar surface area (TPSA) is 62.4 Å². The van der Waals surface area contributed by atoms with Crippen molar-refractivity contribution >= 4 is 0 Å².